The van der Waals surface area contributed by atoms with E-state index >= 15 is 0 Å². The lowest BCUT2D eigenvalue weighted by molar-refractivity contribution is 0.0572. The van der Waals surface area contributed by atoms with Crippen molar-refractivity contribution < 1.29 is 15.0 Å². The van der Waals surface area contributed by atoms with Crippen LogP contribution in [0.2, 0.25) is 0 Å². The number of aryl methyl sites for hydroxylation is 2. The van der Waals surface area contributed by atoms with Gasteiger partial charge in [-0.1, -0.05) is 13.3 Å². The number of likely N-dealkylation sites (tertiary alicyclic amines) is 1. The maximum Gasteiger partial charge on any atom is 0.264 e. The van der Waals surface area contributed by atoms with Gasteiger partial charge in [-0.2, -0.15) is 0 Å². The minimum absolute atomic E-state index is 0.0824. The SMILES string of the molecule is CCCc1cc(C(=O)N2CC(O)C(O)C2)sc1C. The summed E-state index contributed by atoms with van der Waals surface area (Å²) in [7, 11) is 0. The summed E-state index contributed by atoms with van der Waals surface area (Å²) in [5, 5.41) is 18.9. The van der Waals surface area contributed by atoms with Crippen LogP contribution in [0.5, 0.6) is 0 Å². The molecule has 1 saturated heterocycles. The Kier molecular flexibility index (Phi) is 4.04. The molecule has 0 saturated carbocycles. The average Bonchev–Trinajstić information content (AvgIpc) is 2.84. The number of carbonyl (C=O) groups excluding carboxylic acids is 1. The zero-order valence-corrected chi connectivity index (χ0v) is 11.5. The first kappa shape index (κ1) is 13.5. The van der Waals surface area contributed by atoms with Crippen LogP contribution in [-0.2, 0) is 6.42 Å². The second kappa shape index (κ2) is 5.38. The fraction of sp³-hybridized carbons (Fsp3) is 0.615. The number of aliphatic hydroxyl groups excluding tert-OH is 2. The van der Waals surface area contributed by atoms with Gasteiger partial charge in [0.05, 0.1) is 17.1 Å². The molecule has 5 heteroatoms. The maximum atomic E-state index is 12.2. The number of rotatable bonds is 3. The monoisotopic (exact) mass is 269 g/mol. The molecular weight excluding hydrogens is 250 g/mol. The van der Waals surface area contributed by atoms with Crippen molar-refractivity contribution in [2.24, 2.45) is 0 Å². The Morgan fingerprint density at radius 3 is 2.61 bits per heavy atom. The van der Waals surface area contributed by atoms with Gasteiger partial charge in [0.25, 0.3) is 5.91 Å². The number of hydrogen-bond acceptors (Lipinski definition) is 4. The smallest absolute Gasteiger partial charge is 0.264 e. The molecule has 100 valence electrons. The molecular formula is C13H19NO3S. The third-order valence-electron chi connectivity index (χ3n) is 3.30. The largest absolute Gasteiger partial charge is 0.388 e. The molecule has 0 bridgehead atoms. The van der Waals surface area contributed by atoms with E-state index in [0.29, 0.717) is 4.88 Å². The van der Waals surface area contributed by atoms with Gasteiger partial charge in [0.2, 0.25) is 0 Å². The molecule has 0 spiro atoms. The van der Waals surface area contributed by atoms with Crippen LogP contribution in [0.3, 0.4) is 0 Å². The van der Waals surface area contributed by atoms with Gasteiger partial charge >= 0.3 is 0 Å². The van der Waals surface area contributed by atoms with Gasteiger partial charge in [-0.15, -0.1) is 11.3 Å². The maximum absolute atomic E-state index is 12.2. The first-order valence-electron chi connectivity index (χ1n) is 6.27. The first-order valence-corrected chi connectivity index (χ1v) is 7.09. The van der Waals surface area contributed by atoms with E-state index in [-0.39, 0.29) is 19.0 Å². The van der Waals surface area contributed by atoms with Crippen LogP contribution in [0.25, 0.3) is 0 Å². The van der Waals surface area contributed by atoms with Gasteiger partial charge in [-0.05, 0) is 25.0 Å². The van der Waals surface area contributed by atoms with E-state index < -0.39 is 12.2 Å². The van der Waals surface area contributed by atoms with E-state index in [1.165, 1.54) is 26.7 Å². The van der Waals surface area contributed by atoms with E-state index in [1.54, 1.807) is 0 Å². The van der Waals surface area contributed by atoms with E-state index in [2.05, 4.69) is 6.92 Å². The third kappa shape index (κ3) is 2.58. The van der Waals surface area contributed by atoms with E-state index in [1.807, 2.05) is 13.0 Å². The highest BCUT2D eigenvalue weighted by Gasteiger charge is 2.33. The topological polar surface area (TPSA) is 60.8 Å². The van der Waals surface area contributed by atoms with Gasteiger partial charge in [-0.25, -0.2) is 0 Å². The number of amides is 1. The van der Waals surface area contributed by atoms with Crippen LogP contribution < -0.4 is 0 Å². The molecule has 0 aliphatic carbocycles. The highest BCUT2D eigenvalue weighted by atomic mass is 32.1. The summed E-state index contributed by atoms with van der Waals surface area (Å²) < 4.78 is 0. The van der Waals surface area contributed by atoms with Crippen molar-refractivity contribution in [3.63, 3.8) is 0 Å². The molecule has 18 heavy (non-hydrogen) atoms. The van der Waals surface area contributed by atoms with E-state index in [0.717, 1.165) is 12.8 Å². The van der Waals surface area contributed by atoms with Gasteiger partial charge in [-0.3, -0.25) is 4.79 Å². The van der Waals surface area contributed by atoms with Crippen LogP contribution >= 0.6 is 11.3 Å². The molecule has 1 aliphatic rings. The number of carbonyl (C=O) groups is 1. The average molecular weight is 269 g/mol. The molecule has 1 aromatic heterocycles. The van der Waals surface area contributed by atoms with Gasteiger partial charge in [0.15, 0.2) is 0 Å². The van der Waals surface area contributed by atoms with E-state index in [4.69, 9.17) is 0 Å². The summed E-state index contributed by atoms with van der Waals surface area (Å²) in [5.41, 5.74) is 1.23. The standard InChI is InChI=1S/C13H19NO3S/c1-3-4-9-5-12(18-8(9)2)13(17)14-6-10(15)11(16)7-14/h5,10-11,15-16H,3-4,6-7H2,1-2H3. The van der Waals surface area contributed by atoms with Crippen molar-refractivity contribution in [1.82, 2.24) is 4.90 Å². The predicted molar refractivity (Wildman–Crippen MR) is 71.0 cm³/mol. The molecule has 2 unspecified atom stereocenters. The molecule has 2 N–H and O–H groups in total. The number of β-amino-alcohol motifs (C(OH)–C–C–N with tert-alkyl or cyclic N) is 2. The normalized spacial score (nSPS) is 23.7. The molecule has 1 fully saturated rings. The quantitative estimate of drug-likeness (QED) is 0.866. The zero-order valence-electron chi connectivity index (χ0n) is 10.7. The Labute approximate surface area is 111 Å². The predicted octanol–water partition coefficient (Wildman–Crippen LogP) is 1.19. The van der Waals surface area contributed by atoms with Crippen molar-refractivity contribution >= 4 is 17.2 Å². The third-order valence-corrected chi connectivity index (χ3v) is 4.38. The van der Waals surface area contributed by atoms with E-state index in [9.17, 15) is 15.0 Å². The van der Waals surface area contributed by atoms with Crippen LogP contribution in [0.15, 0.2) is 6.07 Å². The van der Waals surface area contributed by atoms with Crippen LogP contribution in [0, 0.1) is 6.92 Å². The second-order valence-electron chi connectivity index (χ2n) is 4.79. The Hall–Kier alpha value is -0.910. The fourth-order valence-corrected chi connectivity index (χ4v) is 3.27. The Morgan fingerprint density at radius 1 is 1.44 bits per heavy atom. The summed E-state index contributed by atoms with van der Waals surface area (Å²) in [5.74, 6) is -0.0824. The molecule has 2 rings (SSSR count). The highest BCUT2D eigenvalue weighted by molar-refractivity contribution is 7.14. The van der Waals surface area contributed by atoms with Crippen molar-refractivity contribution in [1.29, 1.82) is 0 Å². The molecule has 1 amide bonds. The Bertz CT molecular complexity index is 433. The minimum Gasteiger partial charge on any atom is -0.388 e. The number of thiophene rings is 1. The summed E-state index contributed by atoms with van der Waals surface area (Å²) in [6, 6.07) is 1.95. The van der Waals surface area contributed by atoms with Crippen LogP contribution in [-0.4, -0.2) is 46.3 Å². The second-order valence-corrected chi connectivity index (χ2v) is 6.04. The molecule has 1 aliphatic heterocycles. The number of nitrogens with zero attached hydrogens (tertiary/aromatic N) is 1. The van der Waals surface area contributed by atoms with Crippen LogP contribution in [0.1, 0.15) is 33.5 Å². The van der Waals surface area contributed by atoms with Crippen molar-refractivity contribution in [2.75, 3.05) is 13.1 Å². The Morgan fingerprint density at radius 2 is 2.06 bits per heavy atom. The lowest BCUT2D eigenvalue weighted by Crippen LogP contribution is -2.29. The first-order chi connectivity index (χ1) is 8.52. The summed E-state index contributed by atoms with van der Waals surface area (Å²) >= 11 is 1.50. The van der Waals surface area contributed by atoms with Crippen molar-refractivity contribution in [3.05, 3.63) is 21.4 Å². The summed E-state index contributed by atoms with van der Waals surface area (Å²) in [4.78, 5) is 15.6. The zero-order chi connectivity index (χ0) is 13.3. The summed E-state index contributed by atoms with van der Waals surface area (Å²) in [6.07, 6.45) is 0.419. The molecule has 0 radical (unpaired) electrons. The highest BCUT2D eigenvalue weighted by Crippen LogP contribution is 2.25. The van der Waals surface area contributed by atoms with Gasteiger partial charge < -0.3 is 15.1 Å². The Balaban J connectivity index is 2.12. The fourth-order valence-electron chi connectivity index (χ4n) is 2.23. The van der Waals surface area contributed by atoms with Gasteiger partial charge in [0, 0.05) is 18.0 Å². The number of hydrogen-bond donors (Lipinski definition) is 2. The van der Waals surface area contributed by atoms with Crippen molar-refractivity contribution in [2.45, 2.75) is 38.9 Å². The molecule has 1 aromatic rings. The van der Waals surface area contributed by atoms with Crippen molar-refractivity contribution in [3.8, 4) is 0 Å². The molecule has 0 aromatic carbocycles. The van der Waals surface area contributed by atoms with Crippen LogP contribution in [0.4, 0.5) is 0 Å². The number of aliphatic hydroxyl groups is 2. The lowest BCUT2D eigenvalue weighted by Gasteiger charge is -2.13. The molecule has 2 atom stereocenters. The minimum atomic E-state index is -0.815. The molecule has 2 heterocycles. The summed E-state index contributed by atoms with van der Waals surface area (Å²) in [6.45, 7) is 4.59. The van der Waals surface area contributed by atoms with Gasteiger partial charge in [0.1, 0.15) is 0 Å². The molecule has 4 nitrogen and oxygen atoms in total. The lowest BCUT2D eigenvalue weighted by atomic mass is 10.1.